The van der Waals surface area contributed by atoms with Crippen LogP contribution in [0.2, 0.25) is 0 Å². The Morgan fingerprint density at radius 3 is 2.44 bits per heavy atom. The number of carbonyl (C=O) groups is 1. The van der Waals surface area contributed by atoms with Gasteiger partial charge in [0.25, 0.3) is 5.56 Å². The topological polar surface area (TPSA) is 49.9 Å². The molecule has 0 saturated heterocycles. The molecule has 27 heavy (non-hydrogen) atoms. The molecule has 0 aliphatic rings. The average molecular weight is 381 g/mol. The maximum absolute atomic E-state index is 13.3. The first-order valence-corrected chi connectivity index (χ1v) is 9.37. The molecule has 0 spiro atoms. The van der Waals surface area contributed by atoms with Crippen LogP contribution in [-0.2, 0) is 5.41 Å². The maximum Gasteiger partial charge on any atom is 0.266 e. The van der Waals surface area contributed by atoms with Gasteiger partial charge >= 0.3 is 0 Å². The van der Waals surface area contributed by atoms with E-state index in [1.807, 2.05) is 12.1 Å². The summed E-state index contributed by atoms with van der Waals surface area (Å²) in [5.41, 5.74) is 2.03. The highest BCUT2D eigenvalue weighted by molar-refractivity contribution is 7.07. The average Bonchev–Trinajstić information content (AvgIpc) is 2.93. The van der Waals surface area contributed by atoms with Gasteiger partial charge in [0.15, 0.2) is 5.78 Å². The van der Waals surface area contributed by atoms with Crippen molar-refractivity contribution >= 4 is 29.3 Å². The number of ketones is 1. The van der Waals surface area contributed by atoms with E-state index in [-0.39, 0.29) is 22.6 Å². The SMILES string of the molecule is CC(C)(C)c1ccc(C(=O)/C=c2\[nH]c(=O)/c(=C\c3cccc(F)c3)s2)cc1. The third kappa shape index (κ3) is 4.68. The fourth-order valence-electron chi connectivity index (χ4n) is 2.61. The smallest absolute Gasteiger partial charge is 0.266 e. The molecule has 1 aromatic heterocycles. The van der Waals surface area contributed by atoms with Crippen LogP contribution >= 0.6 is 11.3 Å². The fourth-order valence-corrected chi connectivity index (χ4v) is 3.49. The van der Waals surface area contributed by atoms with E-state index in [0.29, 0.717) is 20.3 Å². The van der Waals surface area contributed by atoms with E-state index in [4.69, 9.17) is 0 Å². The molecule has 0 fully saturated rings. The zero-order chi connectivity index (χ0) is 19.6. The lowest BCUT2D eigenvalue weighted by atomic mass is 9.86. The lowest BCUT2D eigenvalue weighted by Crippen LogP contribution is -2.20. The second-order valence-corrected chi connectivity index (χ2v) is 8.40. The number of thiazole rings is 1. The molecule has 0 atom stereocenters. The number of aromatic nitrogens is 1. The molecule has 0 radical (unpaired) electrons. The first-order valence-electron chi connectivity index (χ1n) is 8.55. The number of H-pyrrole nitrogens is 1. The van der Waals surface area contributed by atoms with Gasteiger partial charge in [-0.05, 0) is 34.8 Å². The van der Waals surface area contributed by atoms with Crippen LogP contribution in [0.3, 0.4) is 0 Å². The second kappa shape index (κ2) is 7.45. The Morgan fingerprint density at radius 1 is 1.11 bits per heavy atom. The van der Waals surface area contributed by atoms with E-state index in [1.54, 1.807) is 30.3 Å². The van der Waals surface area contributed by atoms with Gasteiger partial charge in [-0.1, -0.05) is 57.2 Å². The normalized spacial score (nSPS) is 13.2. The number of rotatable bonds is 3. The van der Waals surface area contributed by atoms with Gasteiger partial charge in [0.1, 0.15) is 5.82 Å². The van der Waals surface area contributed by atoms with Gasteiger partial charge in [-0.25, -0.2) is 4.39 Å². The monoisotopic (exact) mass is 381 g/mol. The summed E-state index contributed by atoms with van der Waals surface area (Å²) in [6.07, 6.45) is 3.02. The number of Topliss-reactive ketones (excluding diaryl/α,β-unsaturated/α-hetero) is 1. The van der Waals surface area contributed by atoms with Crippen molar-refractivity contribution in [1.29, 1.82) is 0 Å². The minimum Gasteiger partial charge on any atom is -0.313 e. The van der Waals surface area contributed by atoms with Crippen molar-refractivity contribution in [3.63, 3.8) is 0 Å². The summed E-state index contributed by atoms with van der Waals surface area (Å²) in [5.74, 6) is -0.539. The third-order valence-electron chi connectivity index (χ3n) is 4.12. The first-order chi connectivity index (χ1) is 12.7. The van der Waals surface area contributed by atoms with Crippen molar-refractivity contribution in [3.05, 3.63) is 90.6 Å². The van der Waals surface area contributed by atoms with Gasteiger partial charge in [-0.3, -0.25) is 9.59 Å². The molecule has 0 amide bonds. The quantitative estimate of drug-likeness (QED) is 0.707. The first kappa shape index (κ1) is 19.0. The van der Waals surface area contributed by atoms with Gasteiger partial charge < -0.3 is 4.98 Å². The summed E-state index contributed by atoms with van der Waals surface area (Å²) in [6.45, 7) is 6.34. The molecule has 3 aromatic rings. The Labute approximate surface area is 160 Å². The zero-order valence-corrected chi connectivity index (χ0v) is 16.2. The van der Waals surface area contributed by atoms with Crippen molar-refractivity contribution in [2.75, 3.05) is 0 Å². The molecule has 1 N–H and O–H groups in total. The van der Waals surface area contributed by atoms with Crippen LogP contribution in [0.1, 0.15) is 42.3 Å². The molecule has 0 saturated carbocycles. The predicted molar refractivity (Wildman–Crippen MR) is 108 cm³/mol. The van der Waals surface area contributed by atoms with E-state index in [9.17, 15) is 14.0 Å². The lowest BCUT2D eigenvalue weighted by molar-refractivity contribution is 0.106. The van der Waals surface area contributed by atoms with Crippen molar-refractivity contribution < 1.29 is 9.18 Å². The van der Waals surface area contributed by atoms with Crippen molar-refractivity contribution in [2.45, 2.75) is 26.2 Å². The molecule has 5 heteroatoms. The molecular weight excluding hydrogens is 361 g/mol. The van der Waals surface area contributed by atoms with E-state index >= 15 is 0 Å². The molecule has 0 aliphatic heterocycles. The third-order valence-corrected chi connectivity index (χ3v) is 5.09. The molecule has 138 valence electrons. The highest BCUT2D eigenvalue weighted by atomic mass is 32.1. The molecule has 0 aliphatic carbocycles. The molecule has 1 heterocycles. The number of aromatic amines is 1. The highest BCUT2D eigenvalue weighted by Gasteiger charge is 2.13. The van der Waals surface area contributed by atoms with E-state index in [1.165, 1.54) is 29.5 Å². The molecule has 0 unspecified atom stereocenters. The van der Waals surface area contributed by atoms with Gasteiger partial charge in [-0.15, -0.1) is 11.3 Å². The molecular formula is C22H20FNO2S. The van der Waals surface area contributed by atoms with Gasteiger partial charge in [-0.2, -0.15) is 0 Å². The summed E-state index contributed by atoms with van der Waals surface area (Å²) in [5, 5.41) is 0. The molecule has 2 aromatic carbocycles. The Kier molecular flexibility index (Phi) is 5.24. The lowest BCUT2D eigenvalue weighted by Gasteiger charge is -2.18. The summed E-state index contributed by atoms with van der Waals surface area (Å²) in [4.78, 5) is 27.2. The maximum atomic E-state index is 13.3. The van der Waals surface area contributed by atoms with Crippen LogP contribution in [0.15, 0.2) is 53.3 Å². The van der Waals surface area contributed by atoms with Crippen LogP contribution in [0, 0.1) is 5.82 Å². The van der Waals surface area contributed by atoms with E-state index in [2.05, 4.69) is 25.8 Å². The standard InChI is InChI=1S/C22H20FNO2S/c1-22(2,3)16-9-7-15(8-10-16)18(25)13-20-24-21(26)19(27-20)12-14-5-4-6-17(23)11-14/h4-13H,1-3H3,(H,24,26)/b19-12+,20-13+. The number of hydrogen-bond acceptors (Lipinski definition) is 3. The summed E-state index contributed by atoms with van der Waals surface area (Å²) in [6, 6.07) is 13.5. The van der Waals surface area contributed by atoms with E-state index in [0.717, 1.165) is 5.56 Å². The summed E-state index contributed by atoms with van der Waals surface area (Å²) in [7, 11) is 0. The number of benzene rings is 2. The minimum atomic E-state index is -0.364. The van der Waals surface area contributed by atoms with Crippen LogP contribution in [0.25, 0.3) is 12.2 Å². The van der Waals surface area contributed by atoms with Gasteiger partial charge in [0.05, 0.1) is 9.20 Å². The van der Waals surface area contributed by atoms with Crippen LogP contribution in [-0.4, -0.2) is 10.8 Å². The number of hydrogen-bond donors (Lipinski definition) is 1. The zero-order valence-electron chi connectivity index (χ0n) is 15.4. The molecule has 3 rings (SSSR count). The van der Waals surface area contributed by atoms with E-state index < -0.39 is 0 Å². The van der Waals surface area contributed by atoms with Crippen LogP contribution < -0.4 is 14.8 Å². The Morgan fingerprint density at radius 2 is 1.81 bits per heavy atom. The highest BCUT2D eigenvalue weighted by Crippen LogP contribution is 2.22. The Balaban J connectivity index is 1.92. The van der Waals surface area contributed by atoms with Crippen molar-refractivity contribution in [1.82, 2.24) is 4.98 Å². The fraction of sp³-hybridized carbons (Fsp3) is 0.182. The summed E-state index contributed by atoms with van der Waals surface area (Å²) < 4.78 is 14.2. The van der Waals surface area contributed by atoms with Crippen molar-refractivity contribution in [3.8, 4) is 0 Å². The molecule has 0 bridgehead atoms. The predicted octanol–water partition coefficient (Wildman–Crippen LogP) is 3.37. The van der Waals surface area contributed by atoms with Gasteiger partial charge in [0.2, 0.25) is 0 Å². The Hall–Kier alpha value is -2.79. The van der Waals surface area contributed by atoms with Gasteiger partial charge in [0, 0.05) is 11.6 Å². The van der Waals surface area contributed by atoms with Crippen LogP contribution in [0.4, 0.5) is 4.39 Å². The van der Waals surface area contributed by atoms with Crippen molar-refractivity contribution in [2.24, 2.45) is 0 Å². The minimum absolute atomic E-state index is 0.0198. The summed E-state index contributed by atoms with van der Waals surface area (Å²) >= 11 is 1.17. The number of carbonyl (C=O) groups excluding carboxylic acids is 1. The molecule has 3 nitrogen and oxygen atoms in total. The largest absolute Gasteiger partial charge is 0.313 e. The number of nitrogens with one attached hydrogen (secondary N) is 1. The second-order valence-electron chi connectivity index (χ2n) is 7.32. The Bertz CT molecular complexity index is 1150. The number of halogens is 1. The van der Waals surface area contributed by atoms with Crippen LogP contribution in [0.5, 0.6) is 0 Å².